The van der Waals surface area contributed by atoms with Crippen molar-refractivity contribution in [1.82, 2.24) is 10.6 Å². The van der Waals surface area contributed by atoms with Gasteiger partial charge in [-0.2, -0.15) is 0 Å². The fraction of sp³-hybridized carbons (Fsp3) is 0.206. The van der Waals surface area contributed by atoms with Crippen molar-refractivity contribution < 1.29 is 24.2 Å². The average molecular weight is 551 g/mol. The number of carboxylic acids is 1. The molecule has 0 fully saturated rings. The molecule has 0 aliphatic heterocycles. The summed E-state index contributed by atoms with van der Waals surface area (Å²) in [5, 5.41) is 15.0. The number of carboxylic acid groups (broad SMARTS) is 1. The molecule has 4 rings (SSSR count). The number of benzene rings is 4. The first kappa shape index (κ1) is 29.2. The number of rotatable bonds is 13. The summed E-state index contributed by atoms with van der Waals surface area (Å²) in [4.78, 5) is 36.7. The zero-order chi connectivity index (χ0) is 29.0. The van der Waals surface area contributed by atoms with Crippen LogP contribution in [0.5, 0.6) is 5.75 Å². The van der Waals surface area contributed by atoms with Crippen molar-refractivity contribution in [2.45, 2.75) is 32.2 Å². The molecule has 0 aliphatic carbocycles. The molecule has 2 amide bonds. The smallest absolute Gasteiger partial charge is 0.320 e. The minimum absolute atomic E-state index is 0.0640. The first-order valence-electron chi connectivity index (χ1n) is 13.7. The predicted octanol–water partition coefficient (Wildman–Crippen LogP) is 5.74. The van der Waals surface area contributed by atoms with Crippen LogP contribution < -0.4 is 15.4 Å². The van der Waals surface area contributed by atoms with E-state index in [-0.39, 0.29) is 12.8 Å². The van der Waals surface area contributed by atoms with E-state index >= 15 is 0 Å². The Morgan fingerprint density at radius 1 is 0.780 bits per heavy atom. The van der Waals surface area contributed by atoms with Gasteiger partial charge in [-0.1, -0.05) is 84.9 Å². The van der Waals surface area contributed by atoms with Gasteiger partial charge in [0.25, 0.3) is 5.91 Å². The molecule has 3 N–H and O–H groups in total. The van der Waals surface area contributed by atoms with Gasteiger partial charge >= 0.3 is 5.97 Å². The lowest BCUT2D eigenvalue weighted by molar-refractivity contribution is -0.139. The minimum atomic E-state index is -1.04. The van der Waals surface area contributed by atoms with Gasteiger partial charge in [0.2, 0.25) is 5.91 Å². The number of aliphatic carboxylic acids is 1. The number of hydrogen-bond donors (Lipinski definition) is 3. The second-order valence-corrected chi connectivity index (χ2v) is 9.58. The number of hydrogen-bond acceptors (Lipinski definition) is 5. The molecule has 0 aliphatic rings. The molecule has 0 bridgehead atoms. The van der Waals surface area contributed by atoms with Crippen LogP contribution in [0.3, 0.4) is 0 Å². The Balaban J connectivity index is 1.23. The summed E-state index contributed by atoms with van der Waals surface area (Å²) in [6, 6.07) is 31.8. The number of amides is 2. The van der Waals surface area contributed by atoms with Gasteiger partial charge in [-0.15, -0.1) is 0 Å². The first-order valence-corrected chi connectivity index (χ1v) is 13.7. The minimum Gasteiger partial charge on any atom is -0.493 e. The normalized spacial score (nSPS) is 11.4. The molecule has 41 heavy (non-hydrogen) atoms. The Hall–Kier alpha value is -4.75. The quantitative estimate of drug-likeness (QED) is 0.196. The fourth-order valence-corrected chi connectivity index (χ4v) is 4.52. The third kappa shape index (κ3) is 8.37. The maximum absolute atomic E-state index is 12.5. The number of carbonyl (C=O) groups is 3. The van der Waals surface area contributed by atoms with Gasteiger partial charge in [-0.25, -0.2) is 0 Å². The van der Waals surface area contributed by atoms with Crippen molar-refractivity contribution in [3.8, 4) is 28.0 Å². The lowest BCUT2D eigenvalue weighted by Gasteiger charge is -2.15. The Kier molecular flexibility index (Phi) is 10.4. The summed E-state index contributed by atoms with van der Waals surface area (Å²) in [6.45, 7) is 2.97. The van der Waals surface area contributed by atoms with Crippen LogP contribution in [0.15, 0.2) is 103 Å². The molecule has 0 saturated carbocycles. The van der Waals surface area contributed by atoms with E-state index in [1.807, 2.05) is 97.9 Å². The number of para-hydroxylation sites is 1. The van der Waals surface area contributed by atoms with Crippen LogP contribution >= 0.6 is 0 Å². The van der Waals surface area contributed by atoms with Crippen molar-refractivity contribution in [2.24, 2.45) is 0 Å². The Bertz CT molecular complexity index is 1450. The summed E-state index contributed by atoms with van der Waals surface area (Å²) >= 11 is 0. The topological polar surface area (TPSA) is 105 Å². The number of carbonyl (C=O) groups excluding carboxylic acids is 2. The van der Waals surface area contributed by atoms with Crippen molar-refractivity contribution in [3.63, 3.8) is 0 Å². The zero-order valence-electron chi connectivity index (χ0n) is 23.0. The average Bonchev–Trinajstić information content (AvgIpc) is 3.00. The van der Waals surface area contributed by atoms with E-state index in [1.54, 1.807) is 12.1 Å². The standard InChI is InChI=1S/C34H34N2O5/c1-2-41-31-11-7-6-10-29(31)27-14-12-24(13-15-27)22-23-35-30(34(39)40)20-21-32(37)36-33(38)28-18-16-26(17-19-28)25-8-4-3-5-9-25/h3-19,30,35H,2,20-23H2,1H3,(H,39,40)(H,36,37,38)/t30-/m0/s1. The summed E-state index contributed by atoms with van der Waals surface area (Å²) in [7, 11) is 0. The van der Waals surface area contributed by atoms with Crippen LogP contribution in [0.4, 0.5) is 0 Å². The van der Waals surface area contributed by atoms with E-state index in [1.165, 1.54) is 0 Å². The molecule has 0 aromatic heterocycles. The van der Waals surface area contributed by atoms with Crippen molar-refractivity contribution >= 4 is 17.8 Å². The highest BCUT2D eigenvalue weighted by Gasteiger charge is 2.19. The van der Waals surface area contributed by atoms with Crippen LogP contribution in [0.2, 0.25) is 0 Å². The van der Waals surface area contributed by atoms with Gasteiger partial charge in [0.15, 0.2) is 0 Å². The third-order valence-corrected chi connectivity index (χ3v) is 6.72. The van der Waals surface area contributed by atoms with Crippen LogP contribution in [0.1, 0.15) is 35.7 Å². The fourth-order valence-electron chi connectivity index (χ4n) is 4.52. The number of imide groups is 1. The van der Waals surface area contributed by atoms with Gasteiger partial charge in [0.05, 0.1) is 6.61 Å². The van der Waals surface area contributed by atoms with Crippen LogP contribution in [-0.4, -0.2) is 42.1 Å². The molecule has 7 nitrogen and oxygen atoms in total. The van der Waals surface area contributed by atoms with Crippen molar-refractivity contribution in [1.29, 1.82) is 0 Å². The Morgan fingerprint density at radius 2 is 1.41 bits per heavy atom. The second-order valence-electron chi connectivity index (χ2n) is 9.58. The molecular formula is C34H34N2O5. The summed E-state index contributed by atoms with van der Waals surface area (Å²) in [6.07, 6.45) is 0.598. The molecule has 4 aromatic rings. The molecule has 0 unspecified atom stereocenters. The third-order valence-electron chi connectivity index (χ3n) is 6.72. The van der Waals surface area contributed by atoms with Gasteiger partial charge in [0.1, 0.15) is 11.8 Å². The van der Waals surface area contributed by atoms with E-state index in [2.05, 4.69) is 10.6 Å². The van der Waals surface area contributed by atoms with Crippen molar-refractivity contribution in [2.75, 3.05) is 13.2 Å². The number of nitrogens with one attached hydrogen (secondary N) is 2. The lowest BCUT2D eigenvalue weighted by Crippen LogP contribution is -2.39. The lowest BCUT2D eigenvalue weighted by atomic mass is 10.0. The van der Waals surface area contributed by atoms with E-state index < -0.39 is 23.8 Å². The predicted molar refractivity (Wildman–Crippen MR) is 160 cm³/mol. The highest BCUT2D eigenvalue weighted by Crippen LogP contribution is 2.30. The maximum Gasteiger partial charge on any atom is 0.320 e. The van der Waals surface area contributed by atoms with E-state index in [0.717, 1.165) is 33.6 Å². The van der Waals surface area contributed by atoms with E-state index in [9.17, 15) is 19.5 Å². The molecule has 0 heterocycles. The van der Waals surface area contributed by atoms with Gasteiger partial charge in [-0.05, 0) is 66.8 Å². The van der Waals surface area contributed by atoms with Crippen LogP contribution in [0, 0.1) is 0 Å². The van der Waals surface area contributed by atoms with Gasteiger partial charge in [-0.3, -0.25) is 19.7 Å². The molecule has 1 atom stereocenters. The number of ether oxygens (including phenoxy) is 1. The summed E-state index contributed by atoms with van der Waals surface area (Å²) < 4.78 is 5.73. The van der Waals surface area contributed by atoms with E-state index in [4.69, 9.17) is 4.74 Å². The summed E-state index contributed by atoms with van der Waals surface area (Å²) in [5.41, 5.74) is 5.47. The molecule has 7 heteroatoms. The maximum atomic E-state index is 12.5. The second kappa shape index (κ2) is 14.6. The molecule has 0 saturated heterocycles. The van der Waals surface area contributed by atoms with Gasteiger partial charge in [0, 0.05) is 17.5 Å². The highest BCUT2D eigenvalue weighted by atomic mass is 16.5. The Morgan fingerprint density at radius 3 is 2.10 bits per heavy atom. The van der Waals surface area contributed by atoms with Crippen molar-refractivity contribution in [3.05, 3.63) is 114 Å². The molecular weight excluding hydrogens is 516 g/mol. The monoisotopic (exact) mass is 550 g/mol. The first-order chi connectivity index (χ1) is 19.9. The SMILES string of the molecule is CCOc1ccccc1-c1ccc(CCN[C@@H](CCC(=O)NC(=O)c2ccc(-c3ccccc3)cc2)C(=O)O)cc1. The van der Waals surface area contributed by atoms with Crippen LogP contribution in [0.25, 0.3) is 22.3 Å². The zero-order valence-corrected chi connectivity index (χ0v) is 23.0. The Labute approximate surface area is 240 Å². The largest absolute Gasteiger partial charge is 0.493 e. The molecule has 0 spiro atoms. The molecule has 4 aromatic carbocycles. The van der Waals surface area contributed by atoms with Crippen LogP contribution in [-0.2, 0) is 16.0 Å². The summed E-state index contributed by atoms with van der Waals surface area (Å²) in [5.74, 6) is -1.23. The molecule has 210 valence electrons. The highest BCUT2D eigenvalue weighted by molar-refractivity contribution is 6.04. The van der Waals surface area contributed by atoms with E-state index in [0.29, 0.717) is 25.1 Å². The molecule has 0 radical (unpaired) electrons. The van der Waals surface area contributed by atoms with Gasteiger partial charge < -0.3 is 15.2 Å².